The second-order valence-corrected chi connectivity index (χ2v) is 3.36. The van der Waals surface area contributed by atoms with Gasteiger partial charge in [-0.25, -0.2) is 4.79 Å². The molecule has 0 saturated carbocycles. The molecule has 1 aromatic heterocycles. The minimum atomic E-state index is -1.12. The van der Waals surface area contributed by atoms with Crippen LogP contribution in [-0.4, -0.2) is 15.8 Å². The Morgan fingerprint density at radius 3 is 2.44 bits per heavy atom. The first-order valence-corrected chi connectivity index (χ1v) is 4.50. The van der Waals surface area contributed by atoms with Gasteiger partial charge in [0.2, 0.25) is 0 Å². The molecule has 0 aliphatic carbocycles. The Bertz CT molecular complexity index is 609. The first kappa shape index (κ1) is 10.2. The largest absolute Gasteiger partial charge is 0.478 e. The summed E-state index contributed by atoms with van der Waals surface area (Å²) in [6, 6.07) is 4.68. The molecule has 16 heavy (non-hydrogen) atoms. The maximum Gasteiger partial charge on any atom is 0.340 e. The fourth-order valence-electron chi connectivity index (χ4n) is 1.34. The molecular weight excluding hydrogens is 212 g/mol. The van der Waals surface area contributed by atoms with Crippen LogP contribution in [0.5, 0.6) is 0 Å². The highest BCUT2D eigenvalue weighted by Crippen LogP contribution is 2.20. The van der Waals surface area contributed by atoms with E-state index in [-0.39, 0.29) is 11.3 Å². The number of aromatic nitrogens is 1. The second-order valence-electron chi connectivity index (χ2n) is 3.36. The van der Waals surface area contributed by atoms with Crippen molar-refractivity contribution in [1.82, 2.24) is 4.68 Å². The van der Waals surface area contributed by atoms with Crippen LogP contribution in [0, 0.1) is 6.92 Å². The fourth-order valence-corrected chi connectivity index (χ4v) is 1.34. The van der Waals surface area contributed by atoms with E-state index in [1.807, 2.05) is 0 Å². The standard InChI is InChI=1S/C10H8N2O4/c1-5-3-2-4-6(10(15)16)7(5)11-12-8(13)9(12)14/h2-4,11H,1H3,(H,15,16). The van der Waals surface area contributed by atoms with Crippen LogP contribution in [0.4, 0.5) is 5.69 Å². The van der Waals surface area contributed by atoms with E-state index in [1.165, 1.54) is 6.07 Å². The van der Waals surface area contributed by atoms with Gasteiger partial charge in [0.15, 0.2) is 0 Å². The molecule has 0 spiro atoms. The van der Waals surface area contributed by atoms with Crippen molar-refractivity contribution in [2.75, 3.05) is 5.43 Å². The molecule has 1 heterocycles. The van der Waals surface area contributed by atoms with Crippen LogP contribution < -0.4 is 16.5 Å². The van der Waals surface area contributed by atoms with Gasteiger partial charge in [-0.15, -0.1) is 0 Å². The van der Waals surface area contributed by atoms with Crippen molar-refractivity contribution in [2.24, 2.45) is 0 Å². The van der Waals surface area contributed by atoms with E-state index in [0.29, 0.717) is 5.56 Å². The molecular formula is C10H8N2O4. The zero-order valence-corrected chi connectivity index (χ0v) is 8.35. The molecule has 0 aliphatic rings. The Morgan fingerprint density at radius 2 is 1.94 bits per heavy atom. The van der Waals surface area contributed by atoms with E-state index in [9.17, 15) is 14.4 Å². The van der Waals surface area contributed by atoms with Gasteiger partial charge in [-0.1, -0.05) is 12.1 Å². The van der Waals surface area contributed by atoms with Gasteiger partial charge in [-0.2, -0.15) is 4.68 Å². The van der Waals surface area contributed by atoms with E-state index < -0.39 is 17.1 Å². The zero-order chi connectivity index (χ0) is 11.9. The third-order valence-corrected chi connectivity index (χ3v) is 2.27. The smallest absolute Gasteiger partial charge is 0.340 e. The number of carboxylic acid groups (broad SMARTS) is 1. The van der Waals surface area contributed by atoms with Gasteiger partial charge in [-0.3, -0.25) is 15.0 Å². The summed E-state index contributed by atoms with van der Waals surface area (Å²) >= 11 is 0. The summed E-state index contributed by atoms with van der Waals surface area (Å²) in [5.74, 6) is -1.12. The van der Waals surface area contributed by atoms with Crippen molar-refractivity contribution in [3.05, 3.63) is 50.0 Å². The topological polar surface area (TPSA) is 88.4 Å². The molecule has 0 aliphatic heterocycles. The number of hydrogen-bond acceptors (Lipinski definition) is 4. The summed E-state index contributed by atoms with van der Waals surface area (Å²) in [6.45, 7) is 1.69. The van der Waals surface area contributed by atoms with Gasteiger partial charge in [-0.05, 0) is 18.6 Å². The van der Waals surface area contributed by atoms with E-state index in [2.05, 4.69) is 5.43 Å². The third-order valence-electron chi connectivity index (χ3n) is 2.27. The Hall–Kier alpha value is -2.37. The zero-order valence-electron chi connectivity index (χ0n) is 8.35. The van der Waals surface area contributed by atoms with Gasteiger partial charge < -0.3 is 5.11 Å². The first-order chi connectivity index (χ1) is 7.52. The average molecular weight is 220 g/mol. The highest BCUT2D eigenvalue weighted by atomic mass is 16.4. The van der Waals surface area contributed by atoms with Crippen molar-refractivity contribution in [1.29, 1.82) is 0 Å². The molecule has 0 amide bonds. The lowest BCUT2D eigenvalue weighted by molar-refractivity contribution is 0.0698. The number of hydrogen-bond donors (Lipinski definition) is 2. The van der Waals surface area contributed by atoms with Gasteiger partial charge >= 0.3 is 17.1 Å². The quantitative estimate of drug-likeness (QED) is 0.709. The van der Waals surface area contributed by atoms with Gasteiger partial charge in [0.1, 0.15) is 0 Å². The molecule has 82 valence electrons. The van der Waals surface area contributed by atoms with Crippen molar-refractivity contribution >= 4 is 11.7 Å². The molecule has 0 atom stereocenters. The van der Waals surface area contributed by atoms with Crippen LogP contribution in [0.15, 0.2) is 27.8 Å². The summed E-state index contributed by atoms with van der Waals surface area (Å²) in [6.07, 6.45) is 0. The lowest BCUT2D eigenvalue weighted by atomic mass is 10.1. The van der Waals surface area contributed by atoms with Crippen LogP contribution in [0.1, 0.15) is 15.9 Å². The van der Waals surface area contributed by atoms with Gasteiger partial charge in [0.05, 0.1) is 11.3 Å². The Balaban J connectivity index is 2.47. The van der Waals surface area contributed by atoms with E-state index in [0.717, 1.165) is 4.68 Å². The summed E-state index contributed by atoms with van der Waals surface area (Å²) in [5, 5.41) is 8.93. The van der Waals surface area contributed by atoms with E-state index in [1.54, 1.807) is 19.1 Å². The normalized spacial score (nSPS) is 10.6. The number of carboxylic acids is 1. The molecule has 0 saturated heterocycles. The molecule has 2 rings (SSSR count). The van der Waals surface area contributed by atoms with Crippen LogP contribution >= 0.6 is 0 Å². The van der Waals surface area contributed by atoms with Crippen molar-refractivity contribution in [3.63, 3.8) is 0 Å². The van der Waals surface area contributed by atoms with Crippen LogP contribution in [0.25, 0.3) is 0 Å². The summed E-state index contributed by atoms with van der Waals surface area (Å²) in [4.78, 5) is 32.5. The summed E-state index contributed by atoms with van der Waals surface area (Å²) in [7, 11) is 0. The number of aryl methyl sites for hydroxylation is 1. The molecule has 6 nitrogen and oxygen atoms in total. The van der Waals surface area contributed by atoms with Crippen LogP contribution in [-0.2, 0) is 0 Å². The number of aromatic carboxylic acids is 1. The van der Waals surface area contributed by atoms with Crippen molar-refractivity contribution in [2.45, 2.75) is 6.92 Å². The molecule has 2 N–H and O–H groups in total. The maximum absolute atomic E-state index is 10.9. The number of anilines is 1. The Morgan fingerprint density at radius 1 is 1.31 bits per heavy atom. The average Bonchev–Trinajstić information content (AvgIpc) is 2.78. The minimum absolute atomic E-state index is 0.0208. The van der Waals surface area contributed by atoms with Crippen LogP contribution in [0.3, 0.4) is 0 Å². The predicted octanol–water partition coefficient (Wildman–Crippen LogP) is -0.0341. The van der Waals surface area contributed by atoms with Gasteiger partial charge in [0.25, 0.3) is 0 Å². The predicted molar refractivity (Wildman–Crippen MR) is 56.5 cm³/mol. The number of nitrogens with one attached hydrogen (secondary N) is 1. The molecule has 2 aromatic rings. The molecule has 0 fully saturated rings. The number of para-hydroxylation sites is 1. The van der Waals surface area contributed by atoms with Crippen LogP contribution in [0.2, 0.25) is 0 Å². The van der Waals surface area contributed by atoms with Crippen molar-refractivity contribution in [3.8, 4) is 0 Å². The molecule has 6 heteroatoms. The highest BCUT2D eigenvalue weighted by molar-refractivity contribution is 5.95. The van der Waals surface area contributed by atoms with Gasteiger partial charge in [0, 0.05) is 0 Å². The number of rotatable bonds is 3. The lowest BCUT2D eigenvalue weighted by Crippen LogP contribution is -2.13. The van der Waals surface area contributed by atoms with E-state index in [4.69, 9.17) is 5.11 Å². The fraction of sp³-hybridized carbons (Fsp3) is 0.100. The molecule has 1 aromatic carbocycles. The summed E-state index contributed by atoms with van der Waals surface area (Å²) in [5.41, 5.74) is 2.08. The molecule has 0 unspecified atom stereocenters. The lowest BCUT2D eigenvalue weighted by Gasteiger charge is -2.08. The van der Waals surface area contributed by atoms with Crippen molar-refractivity contribution < 1.29 is 9.90 Å². The second kappa shape index (κ2) is 3.34. The monoisotopic (exact) mass is 220 g/mol. The Labute approximate surface area is 89.4 Å². The number of carbonyl (C=O) groups is 1. The summed E-state index contributed by atoms with van der Waals surface area (Å²) < 4.78 is 0.773. The number of benzene rings is 1. The highest BCUT2D eigenvalue weighted by Gasteiger charge is 2.19. The minimum Gasteiger partial charge on any atom is -0.478 e. The first-order valence-electron chi connectivity index (χ1n) is 4.50. The maximum atomic E-state index is 10.9. The molecule has 0 bridgehead atoms. The third kappa shape index (κ3) is 1.50. The van der Waals surface area contributed by atoms with E-state index >= 15 is 0 Å². The molecule has 0 radical (unpaired) electrons. The number of nitrogens with zero attached hydrogens (tertiary/aromatic N) is 1. The Kier molecular flexibility index (Phi) is 2.12. The SMILES string of the molecule is Cc1cccc(C(=O)O)c1Nn1c(=O)c1=O.